The minimum Gasteiger partial charge on any atom is -0.356 e. The van der Waals surface area contributed by atoms with Crippen LogP contribution in [-0.2, 0) is 16.0 Å². The highest BCUT2D eigenvalue weighted by Gasteiger charge is 2.48. The number of benzene rings is 2. The van der Waals surface area contributed by atoms with E-state index in [0.717, 1.165) is 73.9 Å². The standard InChI is InChI=1S/C31H39N5O4/c1-3-5-15-33(16-6-4-2)17-10-18-34-21-28(37)35-27(31(34)38)20-25-24-13-7-8-14-26(24)32-29(25)30(35)22-11-9-12-23(19-22)36(39)40/h7-9,11-14,19,27,30,32H,3-6,10,15-18,20-21H2,1-2H3/t27-,30+/m1/s1. The summed E-state index contributed by atoms with van der Waals surface area (Å²) in [6, 6.07) is 13.1. The molecule has 0 spiro atoms. The van der Waals surface area contributed by atoms with Gasteiger partial charge in [-0.25, -0.2) is 0 Å². The van der Waals surface area contributed by atoms with Crippen LogP contribution in [0.1, 0.15) is 68.8 Å². The zero-order valence-corrected chi connectivity index (χ0v) is 23.5. The van der Waals surface area contributed by atoms with Gasteiger partial charge < -0.3 is 19.7 Å². The first-order valence-corrected chi connectivity index (χ1v) is 14.6. The Morgan fingerprint density at radius 2 is 1.73 bits per heavy atom. The third-order valence-electron chi connectivity index (χ3n) is 8.30. The summed E-state index contributed by atoms with van der Waals surface area (Å²) >= 11 is 0. The zero-order chi connectivity index (χ0) is 28.2. The number of para-hydroxylation sites is 1. The molecular weight excluding hydrogens is 506 g/mol. The van der Waals surface area contributed by atoms with Crippen LogP contribution in [-0.4, -0.2) is 75.2 Å². The third kappa shape index (κ3) is 5.47. The van der Waals surface area contributed by atoms with Crippen molar-refractivity contribution < 1.29 is 14.5 Å². The Bertz CT molecular complexity index is 1380. The third-order valence-corrected chi connectivity index (χ3v) is 8.30. The minimum absolute atomic E-state index is 0.0280. The molecule has 0 bridgehead atoms. The summed E-state index contributed by atoms with van der Waals surface area (Å²) in [6.07, 6.45) is 5.88. The molecule has 3 aromatic rings. The number of nitro groups is 1. The first-order valence-electron chi connectivity index (χ1n) is 14.6. The number of hydrogen-bond acceptors (Lipinski definition) is 5. The molecule has 40 heavy (non-hydrogen) atoms. The summed E-state index contributed by atoms with van der Waals surface area (Å²) in [7, 11) is 0. The van der Waals surface area contributed by atoms with Gasteiger partial charge in [0.05, 0.1) is 17.5 Å². The summed E-state index contributed by atoms with van der Waals surface area (Å²) in [6.45, 7) is 8.02. The fraction of sp³-hybridized carbons (Fsp3) is 0.484. The highest BCUT2D eigenvalue weighted by molar-refractivity contribution is 5.97. The average Bonchev–Trinajstić information content (AvgIpc) is 3.34. The lowest BCUT2D eigenvalue weighted by Gasteiger charge is -2.47. The van der Waals surface area contributed by atoms with Crippen molar-refractivity contribution in [3.63, 3.8) is 0 Å². The van der Waals surface area contributed by atoms with Crippen molar-refractivity contribution in [1.29, 1.82) is 0 Å². The molecule has 0 saturated carbocycles. The van der Waals surface area contributed by atoms with Crippen LogP contribution in [0, 0.1) is 10.1 Å². The molecule has 2 atom stereocenters. The predicted molar refractivity (Wildman–Crippen MR) is 155 cm³/mol. The average molecular weight is 546 g/mol. The normalized spacial score (nSPS) is 18.9. The Kier molecular flexibility index (Phi) is 8.49. The Labute approximate surface area is 235 Å². The molecule has 2 aliphatic heterocycles. The number of nitrogens with one attached hydrogen (secondary N) is 1. The molecule has 0 aliphatic carbocycles. The number of fused-ring (bicyclic) bond motifs is 4. The number of nitrogens with zero attached hydrogens (tertiary/aromatic N) is 4. The molecule has 1 N–H and O–H groups in total. The van der Waals surface area contributed by atoms with Crippen molar-refractivity contribution in [3.05, 3.63) is 75.5 Å². The lowest BCUT2D eigenvalue weighted by Crippen LogP contribution is -2.63. The van der Waals surface area contributed by atoms with Crippen LogP contribution in [0.25, 0.3) is 10.9 Å². The number of amides is 2. The van der Waals surface area contributed by atoms with Gasteiger partial charge in [0.25, 0.3) is 5.69 Å². The van der Waals surface area contributed by atoms with E-state index in [2.05, 4.69) is 23.7 Å². The molecule has 1 aromatic heterocycles. The van der Waals surface area contributed by atoms with E-state index in [0.29, 0.717) is 18.5 Å². The van der Waals surface area contributed by atoms with Gasteiger partial charge in [0.2, 0.25) is 11.8 Å². The number of hydrogen-bond donors (Lipinski definition) is 1. The van der Waals surface area contributed by atoms with Crippen LogP contribution in [0.3, 0.4) is 0 Å². The van der Waals surface area contributed by atoms with E-state index in [1.165, 1.54) is 12.1 Å². The number of rotatable bonds is 12. The maximum absolute atomic E-state index is 13.9. The Morgan fingerprint density at radius 1 is 1.00 bits per heavy atom. The van der Waals surface area contributed by atoms with Crippen molar-refractivity contribution in [2.75, 3.05) is 32.7 Å². The van der Waals surface area contributed by atoms with Crippen molar-refractivity contribution in [1.82, 2.24) is 19.7 Å². The maximum Gasteiger partial charge on any atom is 0.269 e. The molecule has 3 heterocycles. The molecule has 0 radical (unpaired) electrons. The van der Waals surface area contributed by atoms with Crippen molar-refractivity contribution in [2.45, 2.75) is 64.5 Å². The SMILES string of the molecule is CCCCN(CCCC)CCCN1CC(=O)N2[C@@H](c3cccc([N+](=O)[O-])c3)c3[nH]c4ccccc4c3C[C@@H]2C1=O. The van der Waals surface area contributed by atoms with Crippen LogP contribution in [0.4, 0.5) is 5.69 Å². The van der Waals surface area contributed by atoms with Crippen molar-refractivity contribution in [2.24, 2.45) is 0 Å². The number of carbonyl (C=O) groups excluding carboxylic acids is 2. The highest BCUT2D eigenvalue weighted by atomic mass is 16.6. The second kappa shape index (κ2) is 12.2. The number of aromatic amines is 1. The zero-order valence-electron chi connectivity index (χ0n) is 23.5. The van der Waals surface area contributed by atoms with Gasteiger partial charge in [0, 0.05) is 41.7 Å². The summed E-state index contributed by atoms with van der Waals surface area (Å²) < 4.78 is 0. The topological polar surface area (TPSA) is 103 Å². The van der Waals surface area contributed by atoms with E-state index in [9.17, 15) is 19.7 Å². The van der Waals surface area contributed by atoms with Crippen LogP contribution in [0.15, 0.2) is 48.5 Å². The fourth-order valence-electron chi connectivity index (χ4n) is 6.25. The number of aromatic nitrogens is 1. The Balaban J connectivity index is 1.43. The number of carbonyl (C=O) groups is 2. The number of unbranched alkanes of at least 4 members (excludes halogenated alkanes) is 2. The second-order valence-corrected chi connectivity index (χ2v) is 11.0. The van der Waals surface area contributed by atoms with Gasteiger partial charge >= 0.3 is 0 Å². The first kappa shape index (κ1) is 27.8. The minimum atomic E-state index is -0.645. The molecule has 1 fully saturated rings. The molecule has 1 saturated heterocycles. The van der Waals surface area contributed by atoms with Gasteiger partial charge in [-0.3, -0.25) is 19.7 Å². The number of non-ortho nitro benzene ring substituents is 1. The summed E-state index contributed by atoms with van der Waals surface area (Å²) in [4.78, 5) is 48.2. The van der Waals surface area contributed by atoms with Gasteiger partial charge in [-0.15, -0.1) is 0 Å². The van der Waals surface area contributed by atoms with Crippen LogP contribution in [0.5, 0.6) is 0 Å². The van der Waals surface area contributed by atoms with Gasteiger partial charge in [-0.1, -0.05) is 57.0 Å². The number of H-pyrrole nitrogens is 1. The molecule has 212 valence electrons. The van der Waals surface area contributed by atoms with Crippen LogP contribution in [0.2, 0.25) is 0 Å². The lowest BCUT2D eigenvalue weighted by molar-refractivity contribution is -0.384. The second-order valence-electron chi connectivity index (χ2n) is 11.0. The number of nitro benzene ring substituents is 1. The highest BCUT2D eigenvalue weighted by Crippen LogP contribution is 2.43. The maximum atomic E-state index is 13.9. The van der Waals surface area contributed by atoms with Gasteiger partial charge in [-0.2, -0.15) is 0 Å². The molecule has 2 aliphatic rings. The van der Waals surface area contributed by atoms with Gasteiger partial charge in [0.1, 0.15) is 6.04 Å². The monoisotopic (exact) mass is 545 g/mol. The molecule has 2 aromatic carbocycles. The first-order chi connectivity index (χ1) is 19.4. The van der Waals surface area contributed by atoms with E-state index in [4.69, 9.17) is 0 Å². The van der Waals surface area contributed by atoms with Crippen LogP contribution >= 0.6 is 0 Å². The molecule has 5 rings (SSSR count). The molecule has 9 nitrogen and oxygen atoms in total. The van der Waals surface area contributed by atoms with Crippen molar-refractivity contribution in [3.8, 4) is 0 Å². The molecule has 0 unspecified atom stereocenters. The van der Waals surface area contributed by atoms with Crippen molar-refractivity contribution >= 4 is 28.4 Å². The van der Waals surface area contributed by atoms with E-state index < -0.39 is 17.0 Å². The van der Waals surface area contributed by atoms with E-state index >= 15 is 0 Å². The predicted octanol–water partition coefficient (Wildman–Crippen LogP) is 5.05. The quantitative estimate of drug-likeness (QED) is 0.253. The smallest absolute Gasteiger partial charge is 0.269 e. The van der Waals surface area contributed by atoms with Gasteiger partial charge in [-0.05, 0) is 56.1 Å². The largest absolute Gasteiger partial charge is 0.356 e. The molecule has 2 amide bonds. The van der Waals surface area contributed by atoms with Crippen LogP contribution < -0.4 is 0 Å². The molecular formula is C31H39N5O4. The number of piperazine rings is 1. The Morgan fingerprint density at radius 3 is 2.45 bits per heavy atom. The van der Waals surface area contributed by atoms with E-state index in [1.807, 2.05) is 24.3 Å². The fourth-order valence-corrected chi connectivity index (χ4v) is 6.25. The lowest BCUT2D eigenvalue weighted by atomic mass is 9.86. The summed E-state index contributed by atoms with van der Waals surface area (Å²) in [5.41, 5.74) is 3.35. The van der Waals surface area contributed by atoms with Gasteiger partial charge in [0.15, 0.2) is 0 Å². The van der Waals surface area contributed by atoms with E-state index in [1.54, 1.807) is 21.9 Å². The van der Waals surface area contributed by atoms with E-state index in [-0.39, 0.29) is 24.0 Å². The Hall–Kier alpha value is -3.72. The summed E-state index contributed by atoms with van der Waals surface area (Å²) in [5, 5.41) is 12.6. The summed E-state index contributed by atoms with van der Waals surface area (Å²) in [5.74, 6) is -0.168. The molecule has 9 heteroatoms.